The van der Waals surface area contributed by atoms with E-state index < -0.39 is 0 Å². The van der Waals surface area contributed by atoms with Gasteiger partial charge in [0, 0.05) is 12.6 Å². The van der Waals surface area contributed by atoms with Crippen LogP contribution < -0.4 is 0 Å². The van der Waals surface area contributed by atoms with Gasteiger partial charge in [0.2, 0.25) is 0 Å². The maximum atomic E-state index is 2.38. The molecule has 0 saturated carbocycles. The second-order valence-corrected chi connectivity index (χ2v) is 6.38. The molecule has 0 aliphatic rings. The Kier molecular flexibility index (Phi) is 5.81. The fourth-order valence-corrected chi connectivity index (χ4v) is 3.02. The van der Waals surface area contributed by atoms with Gasteiger partial charge in [-0.1, -0.05) is 97.1 Å². The molecule has 0 fully saturated rings. The summed E-state index contributed by atoms with van der Waals surface area (Å²) in [6, 6.07) is 32.3. The van der Waals surface area contributed by atoms with Crippen molar-refractivity contribution in [1.29, 1.82) is 0 Å². The van der Waals surface area contributed by atoms with Crippen molar-refractivity contribution in [1.82, 2.24) is 4.90 Å². The van der Waals surface area contributed by atoms with Crippen LogP contribution in [0, 0.1) is 0 Å². The Labute approximate surface area is 151 Å². The van der Waals surface area contributed by atoms with Crippen molar-refractivity contribution in [3.8, 4) is 0 Å². The van der Waals surface area contributed by atoms with E-state index in [1.54, 1.807) is 0 Å². The third-order valence-corrected chi connectivity index (χ3v) is 4.70. The molecular weight excluding hydrogens is 302 g/mol. The standard InChI is InChI=1S/C24H25N/c1-20(21-12-6-3-7-13-21)25(2)19-18-24(22-14-8-4-9-15-22)23-16-10-5-11-17-23/h3-18,20H,19H2,1-2H3. The molecule has 0 radical (unpaired) electrons. The Morgan fingerprint density at radius 2 is 1.20 bits per heavy atom. The lowest BCUT2D eigenvalue weighted by Crippen LogP contribution is -2.22. The highest BCUT2D eigenvalue weighted by atomic mass is 15.1. The molecule has 1 heteroatoms. The molecule has 1 nitrogen and oxygen atoms in total. The molecule has 3 rings (SSSR count). The highest BCUT2D eigenvalue weighted by Crippen LogP contribution is 2.24. The van der Waals surface area contributed by atoms with Gasteiger partial charge in [-0.3, -0.25) is 4.90 Å². The predicted molar refractivity (Wildman–Crippen MR) is 107 cm³/mol. The summed E-state index contributed by atoms with van der Waals surface area (Å²) in [5.74, 6) is 0. The summed E-state index contributed by atoms with van der Waals surface area (Å²) in [6.07, 6.45) is 2.34. The van der Waals surface area contributed by atoms with E-state index in [1.807, 2.05) is 0 Å². The van der Waals surface area contributed by atoms with Crippen molar-refractivity contribution >= 4 is 5.57 Å². The summed E-state index contributed by atoms with van der Waals surface area (Å²) >= 11 is 0. The Hall–Kier alpha value is -2.64. The van der Waals surface area contributed by atoms with E-state index in [-0.39, 0.29) is 0 Å². The van der Waals surface area contributed by atoms with E-state index in [4.69, 9.17) is 0 Å². The molecule has 3 aromatic rings. The normalized spacial score (nSPS) is 12.0. The average Bonchev–Trinajstić information content (AvgIpc) is 2.70. The monoisotopic (exact) mass is 327 g/mol. The Morgan fingerprint density at radius 3 is 1.68 bits per heavy atom. The van der Waals surface area contributed by atoms with Crippen LogP contribution in [0.5, 0.6) is 0 Å². The van der Waals surface area contributed by atoms with E-state index in [0.717, 1.165) is 6.54 Å². The SMILES string of the molecule is CC(c1ccccc1)N(C)CC=C(c1ccccc1)c1ccccc1. The Bertz CT molecular complexity index is 750. The summed E-state index contributed by atoms with van der Waals surface area (Å²) in [6.45, 7) is 3.16. The molecule has 3 aromatic carbocycles. The van der Waals surface area contributed by atoms with Crippen molar-refractivity contribution in [2.75, 3.05) is 13.6 Å². The second-order valence-electron chi connectivity index (χ2n) is 6.38. The van der Waals surface area contributed by atoms with Gasteiger partial charge in [0.05, 0.1) is 0 Å². The number of rotatable bonds is 6. The lowest BCUT2D eigenvalue weighted by Gasteiger charge is -2.24. The van der Waals surface area contributed by atoms with Gasteiger partial charge >= 0.3 is 0 Å². The fraction of sp³-hybridized carbons (Fsp3) is 0.167. The third kappa shape index (κ3) is 4.46. The minimum atomic E-state index is 0.380. The quantitative estimate of drug-likeness (QED) is 0.552. The number of hydrogen-bond donors (Lipinski definition) is 0. The van der Waals surface area contributed by atoms with Crippen LogP contribution in [0.2, 0.25) is 0 Å². The molecule has 0 amide bonds. The van der Waals surface area contributed by atoms with Gasteiger partial charge in [-0.05, 0) is 36.2 Å². The van der Waals surface area contributed by atoms with Crippen LogP contribution >= 0.6 is 0 Å². The third-order valence-electron chi connectivity index (χ3n) is 4.70. The first kappa shape index (κ1) is 17.2. The summed E-state index contributed by atoms with van der Waals surface area (Å²) in [4.78, 5) is 2.38. The average molecular weight is 327 g/mol. The Balaban J connectivity index is 1.84. The summed E-state index contributed by atoms with van der Waals surface area (Å²) in [5, 5.41) is 0. The minimum absolute atomic E-state index is 0.380. The molecule has 0 saturated heterocycles. The number of hydrogen-bond acceptors (Lipinski definition) is 1. The zero-order valence-electron chi connectivity index (χ0n) is 15.0. The number of benzene rings is 3. The lowest BCUT2D eigenvalue weighted by molar-refractivity contribution is 0.290. The Morgan fingerprint density at radius 1 is 0.760 bits per heavy atom. The van der Waals surface area contributed by atoms with E-state index >= 15 is 0 Å². The van der Waals surface area contributed by atoms with Crippen LogP contribution in [-0.2, 0) is 0 Å². The van der Waals surface area contributed by atoms with E-state index in [2.05, 4.69) is 116 Å². The lowest BCUT2D eigenvalue weighted by atomic mass is 9.97. The van der Waals surface area contributed by atoms with Crippen molar-refractivity contribution in [3.63, 3.8) is 0 Å². The predicted octanol–water partition coefficient (Wildman–Crippen LogP) is 5.81. The highest BCUT2D eigenvalue weighted by Gasteiger charge is 2.11. The first-order valence-electron chi connectivity index (χ1n) is 8.82. The molecular formula is C24H25N. The minimum Gasteiger partial charge on any atom is -0.296 e. The summed E-state index contributed by atoms with van der Waals surface area (Å²) in [5.41, 5.74) is 5.15. The van der Waals surface area contributed by atoms with Crippen LogP contribution in [0.15, 0.2) is 97.1 Å². The van der Waals surface area contributed by atoms with Crippen LogP contribution in [-0.4, -0.2) is 18.5 Å². The molecule has 0 aliphatic heterocycles. The first-order valence-corrected chi connectivity index (χ1v) is 8.82. The summed E-state index contributed by atoms with van der Waals surface area (Å²) < 4.78 is 0. The van der Waals surface area contributed by atoms with Crippen molar-refractivity contribution in [3.05, 3.63) is 114 Å². The van der Waals surface area contributed by atoms with E-state index in [1.165, 1.54) is 22.3 Å². The molecule has 25 heavy (non-hydrogen) atoms. The topological polar surface area (TPSA) is 3.24 Å². The van der Waals surface area contributed by atoms with Gasteiger partial charge in [0.25, 0.3) is 0 Å². The molecule has 0 heterocycles. The van der Waals surface area contributed by atoms with Gasteiger partial charge in [0.15, 0.2) is 0 Å². The molecule has 0 N–H and O–H groups in total. The van der Waals surface area contributed by atoms with Crippen molar-refractivity contribution in [2.24, 2.45) is 0 Å². The summed E-state index contributed by atoms with van der Waals surface area (Å²) in [7, 11) is 2.18. The van der Waals surface area contributed by atoms with Crippen molar-refractivity contribution in [2.45, 2.75) is 13.0 Å². The maximum absolute atomic E-state index is 2.38. The number of nitrogens with zero attached hydrogens (tertiary/aromatic N) is 1. The molecule has 1 atom stereocenters. The zero-order chi connectivity index (χ0) is 17.5. The molecule has 1 unspecified atom stereocenters. The van der Waals surface area contributed by atoms with Gasteiger partial charge in [-0.25, -0.2) is 0 Å². The highest BCUT2D eigenvalue weighted by molar-refractivity contribution is 5.79. The molecule has 0 spiro atoms. The molecule has 126 valence electrons. The second kappa shape index (κ2) is 8.46. The van der Waals surface area contributed by atoms with Crippen molar-refractivity contribution < 1.29 is 0 Å². The molecule has 0 aliphatic carbocycles. The van der Waals surface area contributed by atoms with Crippen LogP contribution in [0.25, 0.3) is 5.57 Å². The van der Waals surface area contributed by atoms with Gasteiger partial charge in [0.1, 0.15) is 0 Å². The number of likely N-dealkylation sites (N-methyl/N-ethyl adjacent to an activating group) is 1. The van der Waals surface area contributed by atoms with Crippen LogP contribution in [0.1, 0.15) is 29.7 Å². The van der Waals surface area contributed by atoms with Crippen LogP contribution in [0.4, 0.5) is 0 Å². The molecule has 0 bridgehead atoms. The zero-order valence-corrected chi connectivity index (χ0v) is 15.0. The largest absolute Gasteiger partial charge is 0.296 e. The fourth-order valence-electron chi connectivity index (χ4n) is 3.02. The smallest absolute Gasteiger partial charge is 0.0320 e. The maximum Gasteiger partial charge on any atom is 0.0320 e. The van der Waals surface area contributed by atoms with Gasteiger partial charge in [-0.15, -0.1) is 0 Å². The van der Waals surface area contributed by atoms with Gasteiger partial charge in [-0.2, -0.15) is 0 Å². The molecule has 0 aromatic heterocycles. The first-order chi connectivity index (χ1) is 12.3. The van der Waals surface area contributed by atoms with E-state index in [9.17, 15) is 0 Å². The van der Waals surface area contributed by atoms with E-state index in [0.29, 0.717) is 6.04 Å². The van der Waals surface area contributed by atoms with Gasteiger partial charge < -0.3 is 0 Å². The van der Waals surface area contributed by atoms with Crippen LogP contribution in [0.3, 0.4) is 0 Å².